The van der Waals surface area contributed by atoms with Crippen molar-refractivity contribution in [1.82, 2.24) is 4.31 Å². The summed E-state index contributed by atoms with van der Waals surface area (Å²) in [7, 11) is -3.57. The highest BCUT2D eigenvalue weighted by Gasteiger charge is 2.36. The maximum atomic E-state index is 12.8. The average molecular weight is 335 g/mol. The molecule has 1 aliphatic heterocycles. The molecule has 0 aromatic heterocycles. The molecule has 0 bridgehead atoms. The summed E-state index contributed by atoms with van der Waals surface area (Å²) < 4.78 is 27.2. The molecule has 1 aromatic carbocycles. The molecule has 112 valence electrons. The van der Waals surface area contributed by atoms with Crippen LogP contribution in [0.2, 0.25) is 5.02 Å². The van der Waals surface area contributed by atoms with Crippen molar-refractivity contribution in [2.24, 2.45) is 5.73 Å². The highest BCUT2D eigenvalue weighted by molar-refractivity contribution is 8.00. The van der Waals surface area contributed by atoms with Crippen LogP contribution in [0.25, 0.3) is 0 Å². The summed E-state index contributed by atoms with van der Waals surface area (Å²) in [4.78, 5) is 0.160. The first kappa shape index (κ1) is 16.1. The molecule has 2 N–H and O–H groups in total. The fourth-order valence-corrected chi connectivity index (χ4v) is 5.76. The van der Waals surface area contributed by atoms with Gasteiger partial charge in [-0.2, -0.15) is 16.1 Å². The van der Waals surface area contributed by atoms with Crippen LogP contribution in [0.4, 0.5) is 0 Å². The van der Waals surface area contributed by atoms with Crippen LogP contribution in [0, 0.1) is 0 Å². The van der Waals surface area contributed by atoms with E-state index in [-0.39, 0.29) is 21.2 Å². The van der Waals surface area contributed by atoms with Gasteiger partial charge in [0.25, 0.3) is 0 Å². The molecular weight excluding hydrogens is 316 g/mol. The zero-order chi connectivity index (χ0) is 14.9. The Kier molecular flexibility index (Phi) is 5.02. The van der Waals surface area contributed by atoms with Gasteiger partial charge in [0.2, 0.25) is 10.0 Å². The van der Waals surface area contributed by atoms with Crippen LogP contribution in [-0.4, -0.2) is 36.3 Å². The van der Waals surface area contributed by atoms with E-state index in [0.29, 0.717) is 13.1 Å². The van der Waals surface area contributed by atoms with Crippen molar-refractivity contribution in [3.05, 3.63) is 28.8 Å². The number of nitrogens with zero attached hydrogens (tertiary/aromatic N) is 1. The predicted molar refractivity (Wildman–Crippen MR) is 84.6 cm³/mol. The number of rotatable bonds is 3. The zero-order valence-corrected chi connectivity index (χ0v) is 13.9. The third-order valence-corrected chi connectivity index (χ3v) is 7.45. The summed E-state index contributed by atoms with van der Waals surface area (Å²) in [5.41, 5.74) is 6.35. The normalized spacial score (nSPS) is 24.8. The van der Waals surface area contributed by atoms with Crippen LogP contribution in [0.1, 0.15) is 19.4 Å². The lowest BCUT2D eigenvalue weighted by atomic mass is 10.2. The van der Waals surface area contributed by atoms with Crippen molar-refractivity contribution in [1.29, 1.82) is 0 Å². The van der Waals surface area contributed by atoms with Crippen molar-refractivity contribution in [2.45, 2.75) is 36.6 Å². The smallest absolute Gasteiger partial charge is 0.244 e. The maximum absolute atomic E-state index is 12.8. The fourth-order valence-electron chi connectivity index (χ4n) is 2.24. The number of sulfonamides is 1. The maximum Gasteiger partial charge on any atom is 0.244 e. The summed E-state index contributed by atoms with van der Waals surface area (Å²) in [5, 5.41) is 0.523. The van der Waals surface area contributed by atoms with Crippen LogP contribution in [0.15, 0.2) is 23.1 Å². The molecule has 2 atom stereocenters. The number of nitrogens with two attached hydrogens (primary N) is 1. The van der Waals surface area contributed by atoms with Crippen LogP contribution in [-0.2, 0) is 16.6 Å². The highest BCUT2D eigenvalue weighted by Crippen LogP contribution is 2.32. The Morgan fingerprint density at radius 1 is 1.45 bits per heavy atom. The molecule has 7 heteroatoms. The molecule has 1 aliphatic rings. The molecule has 2 unspecified atom stereocenters. The molecule has 0 aliphatic carbocycles. The fraction of sp³-hybridized carbons (Fsp3) is 0.538. The van der Waals surface area contributed by atoms with Crippen LogP contribution in [0.5, 0.6) is 0 Å². The Balaban J connectivity index is 2.44. The molecular formula is C13H19ClN2O2S2. The van der Waals surface area contributed by atoms with Crippen molar-refractivity contribution < 1.29 is 8.42 Å². The second-order valence-corrected chi connectivity index (χ2v) is 8.65. The molecule has 1 aromatic rings. The van der Waals surface area contributed by atoms with Gasteiger partial charge in [0.15, 0.2) is 0 Å². The Hall–Kier alpha value is -0.270. The van der Waals surface area contributed by atoms with Gasteiger partial charge >= 0.3 is 0 Å². The first-order valence-corrected chi connectivity index (χ1v) is 9.36. The van der Waals surface area contributed by atoms with Gasteiger partial charge in [0, 0.05) is 30.1 Å². The molecule has 0 saturated carbocycles. The predicted octanol–water partition coefficient (Wildman–Crippen LogP) is 2.31. The van der Waals surface area contributed by atoms with E-state index < -0.39 is 10.0 Å². The lowest BCUT2D eigenvalue weighted by Gasteiger charge is -2.36. The first-order chi connectivity index (χ1) is 9.37. The number of thioether (sulfide) groups is 1. The molecule has 1 fully saturated rings. The minimum Gasteiger partial charge on any atom is -0.326 e. The summed E-state index contributed by atoms with van der Waals surface area (Å²) in [6, 6.07) is 4.89. The van der Waals surface area contributed by atoms with Gasteiger partial charge in [-0.1, -0.05) is 24.6 Å². The minimum atomic E-state index is -3.57. The summed E-state index contributed by atoms with van der Waals surface area (Å²) >= 11 is 7.88. The van der Waals surface area contributed by atoms with Gasteiger partial charge < -0.3 is 5.73 Å². The van der Waals surface area contributed by atoms with Gasteiger partial charge in [-0.25, -0.2) is 8.42 Å². The van der Waals surface area contributed by atoms with Gasteiger partial charge in [0.05, 0.1) is 5.02 Å². The van der Waals surface area contributed by atoms with E-state index in [9.17, 15) is 8.42 Å². The van der Waals surface area contributed by atoms with E-state index in [0.717, 1.165) is 11.3 Å². The lowest BCUT2D eigenvalue weighted by molar-refractivity contribution is 0.340. The topological polar surface area (TPSA) is 63.4 Å². The molecule has 0 amide bonds. The van der Waals surface area contributed by atoms with E-state index in [1.54, 1.807) is 34.3 Å². The van der Waals surface area contributed by atoms with Crippen molar-refractivity contribution >= 4 is 33.4 Å². The largest absolute Gasteiger partial charge is 0.326 e. The second kappa shape index (κ2) is 6.23. The third-order valence-electron chi connectivity index (χ3n) is 3.64. The monoisotopic (exact) mass is 334 g/mol. The molecule has 1 heterocycles. The minimum absolute atomic E-state index is 0.0450. The van der Waals surface area contributed by atoms with Crippen molar-refractivity contribution in [2.75, 3.05) is 12.3 Å². The Morgan fingerprint density at radius 2 is 2.15 bits per heavy atom. The number of benzene rings is 1. The molecule has 1 saturated heterocycles. The quantitative estimate of drug-likeness (QED) is 0.921. The SMILES string of the molecule is CC1SCCN(S(=O)(=O)c2cc(CN)ccc2Cl)C1C. The van der Waals surface area contributed by atoms with Crippen molar-refractivity contribution in [3.8, 4) is 0 Å². The Bertz CT molecular complexity index is 592. The summed E-state index contributed by atoms with van der Waals surface area (Å²) in [5.74, 6) is 0.804. The van der Waals surface area contributed by atoms with E-state index in [4.69, 9.17) is 17.3 Å². The molecule has 20 heavy (non-hydrogen) atoms. The Morgan fingerprint density at radius 3 is 2.80 bits per heavy atom. The van der Waals surface area contributed by atoms with Gasteiger partial charge in [-0.05, 0) is 24.6 Å². The van der Waals surface area contributed by atoms with E-state index in [2.05, 4.69) is 6.92 Å². The van der Waals surface area contributed by atoms with Crippen LogP contribution < -0.4 is 5.73 Å². The first-order valence-electron chi connectivity index (χ1n) is 6.50. The van der Waals surface area contributed by atoms with Crippen molar-refractivity contribution in [3.63, 3.8) is 0 Å². The average Bonchev–Trinajstić information content (AvgIpc) is 2.42. The summed E-state index contributed by atoms with van der Waals surface area (Å²) in [6.45, 7) is 4.80. The van der Waals surface area contributed by atoms with E-state index in [1.165, 1.54) is 0 Å². The summed E-state index contributed by atoms with van der Waals surface area (Å²) in [6.07, 6.45) is 0. The zero-order valence-electron chi connectivity index (χ0n) is 11.5. The lowest BCUT2D eigenvalue weighted by Crippen LogP contribution is -2.47. The van der Waals surface area contributed by atoms with Crippen LogP contribution >= 0.6 is 23.4 Å². The molecule has 0 spiro atoms. The second-order valence-electron chi connectivity index (χ2n) is 4.90. The Labute approximate surface area is 129 Å². The molecule has 0 radical (unpaired) electrons. The standard InChI is InChI=1S/C13H19ClN2O2S2/c1-9-10(2)19-6-5-16(9)20(17,18)13-7-11(8-15)3-4-12(13)14/h3-4,7,9-10H,5-6,8,15H2,1-2H3. The van der Waals surface area contributed by atoms with Gasteiger partial charge in [-0.15, -0.1) is 0 Å². The van der Waals surface area contributed by atoms with Crippen LogP contribution in [0.3, 0.4) is 0 Å². The van der Waals surface area contributed by atoms with E-state index in [1.807, 2.05) is 6.92 Å². The number of hydrogen-bond acceptors (Lipinski definition) is 4. The third kappa shape index (κ3) is 2.99. The molecule has 4 nitrogen and oxygen atoms in total. The van der Waals surface area contributed by atoms with Gasteiger partial charge in [-0.3, -0.25) is 0 Å². The van der Waals surface area contributed by atoms with Gasteiger partial charge in [0.1, 0.15) is 4.90 Å². The highest BCUT2D eigenvalue weighted by atomic mass is 35.5. The molecule has 2 rings (SSSR count). The van der Waals surface area contributed by atoms with E-state index >= 15 is 0 Å². The number of hydrogen-bond donors (Lipinski definition) is 1. The number of halogens is 1.